The second-order valence-corrected chi connectivity index (χ2v) is 12.9. The Morgan fingerprint density at radius 3 is 1.70 bits per heavy atom. The van der Waals surface area contributed by atoms with Crippen LogP contribution in [0.5, 0.6) is 0 Å². The molecule has 1 N–H and O–H groups in total. The molecule has 2 unspecified atom stereocenters. The van der Waals surface area contributed by atoms with Gasteiger partial charge < -0.3 is 52.5 Å². The zero-order chi connectivity index (χ0) is 32.5. The van der Waals surface area contributed by atoms with Gasteiger partial charge in [0.1, 0.15) is 55.4 Å². The molecule has 0 bridgehead atoms. The summed E-state index contributed by atoms with van der Waals surface area (Å²) in [5, 5.41) is 11.1. The van der Waals surface area contributed by atoms with Crippen LogP contribution in [0.25, 0.3) is 0 Å². The first-order valence-electron chi connectivity index (χ1n) is 15.7. The van der Waals surface area contributed by atoms with Crippen LogP contribution in [0.15, 0.2) is 60.7 Å². The first-order valence-corrected chi connectivity index (χ1v) is 15.7. The molecule has 0 aromatic heterocycles. The minimum Gasteiger partial charge on any atom is -0.463 e. The summed E-state index contributed by atoms with van der Waals surface area (Å²) in [4.78, 5) is 11.7. The van der Waals surface area contributed by atoms with Crippen molar-refractivity contribution in [2.24, 2.45) is 0 Å². The Labute approximate surface area is 269 Å². The van der Waals surface area contributed by atoms with Crippen molar-refractivity contribution in [2.45, 2.75) is 121 Å². The maximum atomic E-state index is 11.7. The number of esters is 1. The monoisotopic (exact) mass is 644 g/mol. The van der Waals surface area contributed by atoms with E-state index in [1.165, 1.54) is 6.92 Å². The lowest BCUT2D eigenvalue weighted by Crippen LogP contribution is -2.61. The van der Waals surface area contributed by atoms with E-state index >= 15 is 0 Å². The van der Waals surface area contributed by atoms with E-state index in [-0.39, 0.29) is 26.4 Å². The molecule has 0 saturated carbocycles. The normalized spacial score (nSPS) is 36.1. The van der Waals surface area contributed by atoms with E-state index in [4.69, 9.17) is 47.4 Å². The molecule has 12 nitrogen and oxygen atoms in total. The van der Waals surface area contributed by atoms with E-state index in [0.29, 0.717) is 0 Å². The molecule has 4 heterocycles. The van der Waals surface area contributed by atoms with Crippen LogP contribution >= 0.6 is 0 Å². The average Bonchev–Trinajstić information content (AvgIpc) is 3.53. The summed E-state index contributed by atoms with van der Waals surface area (Å²) in [6.07, 6.45) is -7.62. The Balaban J connectivity index is 1.19. The maximum absolute atomic E-state index is 11.7. The van der Waals surface area contributed by atoms with Gasteiger partial charge in [-0.1, -0.05) is 60.7 Å². The molecule has 0 spiro atoms. The summed E-state index contributed by atoms with van der Waals surface area (Å²) in [5.74, 6) is -2.32. The van der Waals surface area contributed by atoms with Gasteiger partial charge in [0.05, 0.1) is 19.8 Å². The van der Waals surface area contributed by atoms with Gasteiger partial charge >= 0.3 is 5.97 Å². The Bertz CT molecular complexity index is 1290. The summed E-state index contributed by atoms with van der Waals surface area (Å²) in [7, 11) is 0. The topological polar surface area (TPSA) is 130 Å². The van der Waals surface area contributed by atoms with E-state index in [1.807, 2.05) is 74.5 Å². The first kappa shape index (κ1) is 33.4. The molecule has 6 rings (SSSR count). The van der Waals surface area contributed by atoms with Crippen molar-refractivity contribution in [1.29, 1.82) is 0 Å². The lowest BCUT2D eigenvalue weighted by molar-refractivity contribution is -0.318. The third-order valence-corrected chi connectivity index (χ3v) is 8.33. The fourth-order valence-corrected chi connectivity index (χ4v) is 6.37. The molecule has 2 aromatic rings. The van der Waals surface area contributed by atoms with Gasteiger partial charge in [0.25, 0.3) is 0 Å². The minimum absolute atomic E-state index is 0.0408. The number of carbonyl (C=O) groups is 1. The number of ether oxygens (including phenoxy) is 10. The maximum Gasteiger partial charge on any atom is 0.302 e. The second-order valence-electron chi connectivity index (χ2n) is 12.9. The zero-order valence-electron chi connectivity index (χ0n) is 26.8. The Kier molecular flexibility index (Phi) is 10.1. The number of rotatable bonds is 11. The van der Waals surface area contributed by atoms with Crippen LogP contribution in [0.1, 0.15) is 45.7 Å². The van der Waals surface area contributed by atoms with Gasteiger partial charge in [-0.3, -0.25) is 4.79 Å². The van der Waals surface area contributed by atoms with Gasteiger partial charge in [-0.25, -0.2) is 0 Å². The predicted octanol–water partition coefficient (Wildman–Crippen LogP) is 3.22. The predicted molar refractivity (Wildman–Crippen MR) is 160 cm³/mol. The Hall–Kier alpha value is -2.49. The number of benzene rings is 2. The van der Waals surface area contributed by atoms with Gasteiger partial charge in [0.2, 0.25) is 0 Å². The number of fused-ring (bicyclic) bond motifs is 2. The second kappa shape index (κ2) is 13.9. The van der Waals surface area contributed by atoms with Crippen molar-refractivity contribution in [1.82, 2.24) is 0 Å². The van der Waals surface area contributed by atoms with Crippen LogP contribution in [0, 0.1) is 0 Å². The number of hydrogen-bond acceptors (Lipinski definition) is 12. The molecule has 4 aliphatic rings. The van der Waals surface area contributed by atoms with Crippen molar-refractivity contribution in [2.75, 3.05) is 13.2 Å². The van der Waals surface area contributed by atoms with E-state index in [9.17, 15) is 9.90 Å². The summed E-state index contributed by atoms with van der Waals surface area (Å²) < 4.78 is 61.7. The highest BCUT2D eigenvalue weighted by Crippen LogP contribution is 2.41. The van der Waals surface area contributed by atoms with Crippen molar-refractivity contribution in [3.05, 3.63) is 71.8 Å². The zero-order valence-corrected chi connectivity index (χ0v) is 26.8. The third kappa shape index (κ3) is 7.79. The standard InChI is InChI=1S/C34H44O12/c1-20(35)37-18-24-26-28(46-34(4,5)44-26)30(39-17-22-14-10-7-11-15-22)32(42-24)40-19-23-25-27(45-33(2,3)43-25)29(31(36)41-23)38-16-21-12-8-6-9-13-21/h6-15,23-32,36H,16-19H2,1-5H3/t23-,24-,25+,26+,27+,28+,29-,30-,31?,32?/m1/s1. The van der Waals surface area contributed by atoms with Gasteiger partial charge in [-0.2, -0.15) is 0 Å². The molecule has 0 amide bonds. The fraction of sp³-hybridized carbons (Fsp3) is 0.618. The minimum atomic E-state index is -1.30. The Morgan fingerprint density at radius 1 is 0.674 bits per heavy atom. The number of hydrogen-bond donors (Lipinski definition) is 1. The molecule has 12 heteroatoms. The van der Waals surface area contributed by atoms with Gasteiger partial charge in [0.15, 0.2) is 24.2 Å². The van der Waals surface area contributed by atoms with Crippen molar-refractivity contribution in [3.63, 3.8) is 0 Å². The van der Waals surface area contributed by atoms with Crippen LogP contribution in [-0.4, -0.2) is 97.3 Å². The summed E-state index contributed by atoms with van der Waals surface area (Å²) in [6, 6.07) is 19.4. The van der Waals surface area contributed by atoms with E-state index in [0.717, 1.165) is 11.1 Å². The van der Waals surface area contributed by atoms with Crippen molar-refractivity contribution < 1.29 is 57.3 Å². The third-order valence-electron chi connectivity index (χ3n) is 8.33. The molecule has 0 radical (unpaired) electrons. The van der Waals surface area contributed by atoms with E-state index < -0.39 is 79.0 Å². The van der Waals surface area contributed by atoms with Crippen LogP contribution < -0.4 is 0 Å². The van der Waals surface area contributed by atoms with E-state index in [2.05, 4.69) is 0 Å². The smallest absolute Gasteiger partial charge is 0.302 e. The molecule has 10 atom stereocenters. The highest BCUT2D eigenvalue weighted by Gasteiger charge is 2.58. The number of carbonyl (C=O) groups excluding carboxylic acids is 1. The highest BCUT2D eigenvalue weighted by atomic mass is 16.8. The van der Waals surface area contributed by atoms with Gasteiger partial charge in [0, 0.05) is 6.92 Å². The fourth-order valence-electron chi connectivity index (χ4n) is 6.37. The number of aliphatic hydroxyl groups is 1. The Morgan fingerprint density at radius 2 is 1.15 bits per heavy atom. The number of aliphatic hydroxyl groups excluding tert-OH is 1. The SMILES string of the molecule is CC(=O)OC[C@H]1OC(OC[C@H]2OC(O)[C@H](OCc3ccccc3)[C@H]3OC(C)(C)O[C@H]32)[C@H](OCc2ccccc2)[C@H]2OC(C)(C)O[C@H]21. The van der Waals surface area contributed by atoms with Crippen LogP contribution in [0.3, 0.4) is 0 Å². The lowest BCUT2D eigenvalue weighted by Gasteiger charge is -2.43. The first-order chi connectivity index (χ1) is 22.0. The molecule has 252 valence electrons. The molecule has 46 heavy (non-hydrogen) atoms. The molecular formula is C34H44O12. The molecular weight excluding hydrogens is 600 g/mol. The van der Waals surface area contributed by atoms with Gasteiger partial charge in [-0.05, 0) is 38.8 Å². The van der Waals surface area contributed by atoms with Crippen LogP contribution in [0.2, 0.25) is 0 Å². The average molecular weight is 645 g/mol. The molecule has 4 saturated heterocycles. The van der Waals surface area contributed by atoms with Gasteiger partial charge in [-0.15, -0.1) is 0 Å². The van der Waals surface area contributed by atoms with Crippen molar-refractivity contribution in [3.8, 4) is 0 Å². The molecule has 0 aliphatic carbocycles. The quantitative estimate of drug-likeness (QED) is 0.361. The van der Waals surface area contributed by atoms with Crippen LogP contribution in [-0.2, 0) is 65.4 Å². The highest BCUT2D eigenvalue weighted by molar-refractivity contribution is 5.65. The largest absolute Gasteiger partial charge is 0.463 e. The lowest BCUT2D eigenvalue weighted by atomic mass is 9.98. The molecule has 4 aliphatic heterocycles. The van der Waals surface area contributed by atoms with Crippen LogP contribution in [0.4, 0.5) is 0 Å². The van der Waals surface area contributed by atoms with E-state index in [1.54, 1.807) is 13.8 Å². The summed E-state index contributed by atoms with van der Waals surface area (Å²) in [5.41, 5.74) is 1.91. The summed E-state index contributed by atoms with van der Waals surface area (Å²) in [6.45, 7) is 9.00. The molecule has 2 aromatic carbocycles. The van der Waals surface area contributed by atoms with Crippen molar-refractivity contribution >= 4 is 5.97 Å². The summed E-state index contributed by atoms with van der Waals surface area (Å²) >= 11 is 0. The molecule has 4 fully saturated rings.